The van der Waals surface area contributed by atoms with E-state index in [-0.39, 0.29) is 11.3 Å². The van der Waals surface area contributed by atoms with E-state index < -0.39 is 0 Å². The second-order valence-electron chi connectivity index (χ2n) is 4.96. The summed E-state index contributed by atoms with van der Waals surface area (Å²) >= 11 is 4.41. The minimum absolute atomic E-state index is 0.0245. The lowest BCUT2D eigenvalue weighted by Gasteiger charge is -2.11. The Morgan fingerprint density at radius 2 is 1.84 bits per heavy atom. The molecular weight excluding hydrogens is 256 g/mol. The third-order valence-electron chi connectivity index (χ3n) is 3.36. The van der Waals surface area contributed by atoms with Gasteiger partial charge >= 0.3 is 0 Å². The third kappa shape index (κ3) is 1.85. The van der Waals surface area contributed by atoms with Crippen LogP contribution in [0.15, 0.2) is 50.5 Å². The quantitative estimate of drug-likeness (QED) is 0.526. The van der Waals surface area contributed by atoms with Gasteiger partial charge in [-0.25, -0.2) is 0 Å². The van der Waals surface area contributed by atoms with Crippen LogP contribution in [-0.4, -0.2) is 0 Å². The Kier molecular flexibility index (Phi) is 2.86. The van der Waals surface area contributed by atoms with Crippen molar-refractivity contribution in [3.8, 4) is 0 Å². The average molecular weight is 270 g/mol. The van der Waals surface area contributed by atoms with Crippen LogP contribution in [0.2, 0.25) is 0 Å². The SMILES string of the molecule is CC(C)c1ccc(S)c2oc3ccccc3c(=O)c12. The van der Waals surface area contributed by atoms with Crippen molar-refractivity contribution < 1.29 is 4.42 Å². The van der Waals surface area contributed by atoms with Gasteiger partial charge in [0, 0.05) is 4.90 Å². The van der Waals surface area contributed by atoms with E-state index in [4.69, 9.17) is 4.42 Å². The number of fused-ring (bicyclic) bond motifs is 2. The van der Waals surface area contributed by atoms with Crippen molar-refractivity contribution in [2.45, 2.75) is 24.7 Å². The molecule has 0 radical (unpaired) electrons. The zero-order valence-electron chi connectivity index (χ0n) is 10.8. The molecule has 0 aliphatic carbocycles. The van der Waals surface area contributed by atoms with Gasteiger partial charge in [-0.1, -0.05) is 32.0 Å². The Bertz CT molecular complexity index is 831. The van der Waals surface area contributed by atoms with Crippen molar-refractivity contribution in [1.29, 1.82) is 0 Å². The Labute approximate surface area is 116 Å². The van der Waals surface area contributed by atoms with Crippen molar-refractivity contribution in [1.82, 2.24) is 0 Å². The fraction of sp³-hybridized carbons (Fsp3) is 0.188. The summed E-state index contributed by atoms with van der Waals surface area (Å²) < 4.78 is 5.87. The van der Waals surface area contributed by atoms with Crippen molar-refractivity contribution in [3.05, 3.63) is 52.2 Å². The molecule has 96 valence electrons. The molecule has 0 fully saturated rings. The maximum absolute atomic E-state index is 12.7. The van der Waals surface area contributed by atoms with Gasteiger partial charge in [0.25, 0.3) is 0 Å². The smallest absolute Gasteiger partial charge is 0.200 e. The highest BCUT2D eigenvalue weighted by molar-refractivity contribution is 7.80. The molecule has 1 heterocycles. The molecule has 0 saturated heterocycles. The van der Waals surface area contributed by atoms with E-state index in [1.54, 1.807) is 6.07 Å². The predicted molar refractivity (Wildman–Crippen MR) is 81.3 cm³/mol. The second kappa shape index (κ2) is 4.42. The van der Waals surface area contributed by atoms with Gasteiger partial charge in [-0.3, -0.25) is 4.79 Å². The first-order chi connectivity index (χ1) is 9.09. The Hall–Kier alpha value is -1.74. The lowest BCUT2D eigenvalue weighted by atomic mass is 9.97. The van der Waals surface area contributed by atoms with Crippen LogP contribution in [0.25, 0.3) is 21.9 Å². The van der Waals surface area contributed by atoms with Crippen LogP contribution in [0.4, 0.5) is 0 Å². The summed E-state index contributed by atoms with van der Waals surface area (Å²) in [6, 6.07) is 11.2. The minimum atomic E-state index is 0.0245. The first-order valence-corrected chi connectivity index (χ1v) is 6.71. The molecule has 0 aliphatic heterocycles. The number of benzene rings is 2. The van der Waals surface area contributed by atoms with Crippen molar-refractivity contribution in [3.63, 3.8) is 0 Å². The summed E-state index contributed by atoms with van der Waals surface area (Å²) in [5, 5.41) is 1.28. The fourth-order valence-electron chi connectivity index (χ4n) is 2.39. The van der Waals surface area contributed by atoms with E-state index in [1.807, 2.05) is 30.3 Å². The standard InChI is InChI=1S/C16H14O2S/c1-9(2)10-7-8-13(19)16-14(10)15(17)11-5-3-4-6-12(11)18-16/h3-9,19H,1-2H3. The number of hydrogen-bond acceptors (Lipinski definition) is 3. The predicted octanol–water partition coefficient (Wildman–Crippen LogP) is 4.36. The molecule has 19 heavy (non-hydrogen) atoms. The van der Waals surface area contributed by atoms with Gasteiger partial charge in [0.1, 0.15) is 5.58 Å². The average Bonchev–Trinajstić information content (AvgIpc) is 2.40. The molecule has 0 saturated carbocycles. The molecule has 0 unspecified atom stereocenters. The van der Waals surface area contributed by atoms with Gasteiger partial charge in [-0.2, -0.15) is 0 Å². The zero-order chi connectivity index (χ0) is 13.6. The van der Waals surface area contributed by atoms with E-state index in [0.717, 1.165) is 5.56 Å². The zero-order valence-corrected chi connectivity index (χ0v) is 11.7. The molecule has 0 amide bonds. The topological polar surface area (TPSA) is 30.2 Å². The maximum Gasteiger partial charge on any atom is 0.200 e. The Morgan fingerprint density at radius 3 is 2.58 bits per heavy atom. The molecule has 1 aromatic heterocycles. The monoisotopic (exact) mass is 270 g/mol. The van der Waals surface area contributed by atoms with Gasteiger partial charge < -0.3 is 4.42 Å². The summed E-state index contributed by atoms with van der Waals surface area (Å²) in [6.07, 6.45) is 0. The number of para-hydroxylation sites is 1. The van der Waals surface area contributed by atoms with Gasteiger partial charge in [0.2, 0.25) is 5.43 Å². The maximum atomic E-state index is 12.7. The minimum Gasteiger partial charge on any atom is -0.455 e. The van der Waals surface area contributed by atoms with Crippen LogP contribution in [0.1, 0.15) is 25.3 Å². The van der Waals surface area contributed by atoms with Crippen LogP contribution in [0.3, 0.4) is 0 Å². The van der Waals surface area contributed by atoms with E-state index in [2.05, 4.69) is 26.5 Å². The Morgan fingerprint density at radius 1 is 1.11 bits per heavy atom. The van der Waals surface area contributed by atoms with Gasteiger partial charge in [-0.15, -0.1) is 12.6 Å². The van der Waals surface area contributed by atoms with Crippen LogP contribution < -0.4 is 5.43 Å². The molecule has 3 aromatic rings. The summed E-state index contributed by atoms with van der Waals surface area (Å²) in [4.78, 5) is 13.4. The highest BCUT2D eigenvalue weighted by atomic mass is 32.1. The molecule has 2 aromatic carbocycles. The molecule has 0 N–H and O–H groups in total. The molecule has 2 nitrogen and oxygen atoms in total. The third-order valence-corrected chi connectivity index (χ3v) is 3.71. The summed E-state index contributed by atoms with van der Waals surface area (Å²) in [6.45, 7) is 4.14. The number of hydrogen-bond donors (Lipinski definition) is 1. The highest BCUT2D eigenvalue weighted by Crippen LogP contribution is 2.30. The van der Waals surface area contributed by atoms with Crippen LogP contribution in [-0.2, 0) is 0 Å². The number of thiol groups is 1. The van der Waals surface area contributed by atoms with E-state index in [1.165, 1.54) is 0 Å². The van der Waals surface area contributed by atoms with Gasteiger partial charge in [-0.05, 0) is 29.7 Å². The summed E-state index contributed by atoms with van der Waals surface area (Å²) in [5.41, 5.74) is 2.22. The van der Waals surface area contributed by atoms with Crippen LogP contribution in [0, 0.1) is 0 Å². The van der Waals surface area contributed by atoms with Gasteiger partial charge in [0.15, 0.2) is 5.58 Å². The molecule has 3 rings (SSSR count). The van der Waals surface area contributed by atoms with E-state index in [0.29, 0.717) is 26.8 Å². The van der Waals surface area contributed by atoms with Crippen LogP contribution >= 0.6 is 12.6 Å². The van der Waals surface area contributed by atoms with Crippen molar-refractivity contribution in [2.75, 3.05) is 0 Å². The summed E-state index contributed by atoms with van der Waals surface area (Å²) in [7, 11) is 0. The normalized spacial score (nSPS) is 11.6. The first-order valence-electron chi connectivity index (χ1n) is 6.27. The molecule has 3 heteroatoms. The summed E-state index contributed by atoms with van der Waals surface area (Å²) in [5.74, 6) is 0.264. The van der Waals surface area contributed by atoms with Crippen molar-refractivity contribution in [2.24, 2.45) is 0 Å². The van der Waals surface area contributed by atoms with Gasteiger partial charge in [0.05, 0.1) is 10.8 Å². The molecule has 0 aliphatic rings. The second-order valence-corrected chi connectivity index (χ2v) is 5.44. The molecule has 0 spiro atoms. The molecular formula is C16H14O2S. The molecule has 0 atom stereocenters. The Balaban J connectivity index is 2.61. The van der Waals surface area contributed by atoms with E-state index in [9.17, 15) is 4.79 Å². The largest absolute Gasteiger partial charge is 0.455 e. The van der Waals surface area contributed by atoms with Crippen LogP contribution in [0.5, 0.6) is 0 Å². The van der Waals surface area contributed by atoms with E-state index >= 15 is 0 Å². The lowest BCUT2D eigenvalue weighted by molar-refractivity contribution is 0.650. The molecule has 0 bridgehead atoms. The number of rotatable bonds is 1. The van der Waals surface area contributed by atoms with Crippen molar-refractivity contribution >= 4 is 34.6 Å². The fourth-order valence-corrected chi connectivity index (χ4v) is 2.63. The highest BCUT2D eigenvalue weighted by Gasteiger charge is 2.15. The first kappa shape index (κ1) is 12.3. The lowest BCUT2D eigenvalue weighted by Crippen LogP contribution is -2.06.